The van der Waals surface area contributed by atoms with Crippen molar-refractivity contribution in [1.29, 1.82) is 0 Å². The number of carbonyl (C=O) groups excluding carboxylic acids is 1. The van der Waals surface area contributed by atoms with Crippen LogP contribution in [-0.2, 0) is 16.7 Å². The number of non-ortho nitro benzene ring substituents is 1. The van der Waals surface area contributed by atoms with Gasteiger partial charge in [0.05, 0.1) is 4.92 Å². The van der Waals surface area contributed by atoms with E-state index in [1.54, 1.807) is 0 Å². The number of nitro groups is 1. The molecule has 9 heteroatoms. The predicted octanol–water partition coefficient (Wildman–Crippen LogP) is 3.29. The summed E-state index contributed by atoms with van der Waals surface area (Å²) in [6, 6.07) is 19.5. The number of nitro benzene ring substituents is 1. The van der Waals surface area contributed by atoms with Crippen LogP contribution in [0.25, 0.3) is 0 Å². The highest BCUT2D eigenvalue weighted by Crippen LogP contribution is 2.22. The van der Waals surface area contributed by atoms with Gasteiger partial charge in [-0.2, -0.15) is 8.42 Å². The van der Waals surface area contributed by atoms with Crippen LogP contribution in [0.15, 0.2) is 83.8 Å². The summed E-state index contributed by atoms with van der Waals surface area (Å²) >= 11 is 0. The van der Waals surface area contributed by atoms with Crippen LogP contribution in [-0.4, -0.2) is 19.2 Å². The van der Waals surface area contributed by atoms with Gasteiger partial charge in [-0.05, 0) is 35.9 Å². The fourth-order valence-corrected chi connectivity index (χ4v) is 3.44. The molecule has 0 aliphatic heterocycles. The molecule has 0 atom stereocenters. The molecule has 148 valence electrons. The van der Waals surface area contributed by atoms with Gasteiger partial charge in [0, 0.05) is 24.2 Å². The number of hydrogen-bond donors (Lipinski definition) is 1. The van der Waals surface area contributed by atoms with E-state index in [1.165, 1.54) is 42.5 Å². The van der Waals surface area contributed by atoms with E-state index >= 15 is 0 Å². The number of rotatable bonds is 7. The lowest BCUT2D eigenvalue weighted by Gasteiger charge is -2.08. The Morgan fingerprint density at radius 1 is 0.966 bits per heavy atom. The van der Waals surface area contributed by atoms with Crippen molar-refractivity contribution in [2.24, 2.45) is 0 Å². The first-order valence-corrected chi connectivity index (χ1v) is 9.87. The largest absolute Gasteiger partial charge is 0.379 e. The van der Waals surface area contributed by atoms with Crippen molar-refractivity contribution in [3.8, 4) is 5.75 Å². The maximum atomic E-state index is 12.3. The van der Waals surface area contributed by atoms with Crippen LogP contribution in [0.5, 0.6) is 5.75 Å². The van der Waals surface area contributed by atoms with Gasteiger partial charge < -0.3 is 9.50 Å². The van der Waals surface area contributed by atoms with Crippen molar-refractivity contribution in [2.45, 2.75) is 11.4 Å². The van der Waals surface area contributed by atoms with Gasteiger partial charge in [0.15, 0.2) is 0 Å². The van der Waals surface area contributed by atoms with Crippen LogP contribution in [0.1, 0.15) is 15.9 Å². The molecule has 3 aromatic rings. The van der Waals surface area contributed by atoms with E-state index in [1.807, 2.05) is 30.3 Å². The zero-order valence-corrected chi connectivity index (χ0v) is 15.8. The first-order valence-electron chi connectivity index (χ1n) is 8.46. The Morgan fingerprint density at radius 3 is 2.31 bits per heavy atom. The number of hydrogen-bond acceptors (Lipinski definition) is 6. The molecule has 0 aromatic heterocycles. The first kappa shape index (κ1) is 20.0. The van der Waals surface area contributed by atoms with Gasteiger partial charge in [-0.1, -0.05) is 36.4 Å². The van der Waals surface area contributed by atoms with Gasteiger partial charge in [-0.25, -0.2) is 0 Å². The fraction of sp³-hybridized carbons (Fsp3) is 0.0500. The van der Waals surface area contributed by atoms with Crippen molar-refractivity contribution >= 4 is 21.7 Å². The average molecular weight is 412 g/mol. The Bertz CT molecular complexity index is 1130. The molecule has 0 spiro atoms. The van der Waals surface area contributed by atoms with Gasteiger partial charge in [-0.3, -0.25) is 14.9 Å². The summed E-state index contributed by atoms with van der Waals surface area (Å²) < 4.78 is 29.7. The van der Waals surface area contributed by atoms with E-state index < -0.39 is 15.0 Å². The summed E-state index contributed by atoms with van der Waals surface area (Å²) in [7, 11) is -4.25. The van der Waals surface area contributed by atoms with Crippen LogP contribution in [0.4, 0.5) is 5.69 Å². The number of benzene rings is 3. The summed E-state index contributed by atoms with van der Waals surface area (Å²) in [6.45, 7) is 0.360. The molecular formula is C20H16N2O6S. The summed E-state index contributed by atoms with van der Waals surface area (Å²) in [5.74, 6) is -0.335. The van der Waals surface area contributed by atoms with Gasteiger partial charge >= 0.3 is 10.1 Å². The van der Waals surface area contributed by atoms with E-state index in [2.05, 4.69) is 5.32 Å². The molecule has 0 aliphatic rings. The minimum absolute atomic E-state index is 0.0175. The minimum atomic E-state index is -4.25. The highest BCUT2D eigenvalue weighted by atomic mass is 32.2. The molecule has 0 saturated carbocycles. The number of nitrogens with one attached hydrogen (secondary N) is 1. The second kappa shape index (κ2) is 8.53. The predicted molar refractivity (Wildman–Crippen MR) is 105 cm³/mol. The molecule has 0 bridgehead atoms. The van der Waals surface area contributed by atoms with Crippen molar-refractivity contribution < 1.29 is 22.3 Å². The van der Waals surface area contributed by atoms with E-state index in [-0.39, 0.29) is 22.2 Å². The molecule has 0 heterocycles. The van der Waals surface area contributed by atoms with Crippen molar-refractivity contribution in [3.05, 3.63) is 100 Å². The van der Waals surface area contributed by atoms with Gasteiger partial charge in [0.1, 0.15) is 10.6 Å². The molecule has 3 aromatic carbocycles. The van der Waals surface area contributed by atoms with Crippen molar-refractivity contribution in [3.63, 3.8) is 0 Å². The smallest absolute Gasteiger partial charge is 0.339 e. The second-order valence-corrected chi connectivity index (χ2v) is 7.53. The maximum absolute atomic E-state index is 12.3. The average Bonchev–Trinajstić information content (AvgIpc) is 2.73. The first-order chi connectivity index (χ1) is 13.8. The molecule has 1 N–H and O–H groups in total. The molecular weight excluding hydrogens is 396 g/mol. The minimum Gasteiger partial charge on any atom is -0.379 e. The van der Waals surface area contributed by atoms with Gasteiger partial charge in [0.2, 0.25) is 0 Å². The topological polar surface area (TPSA) is 116 Å². The highest BCUT2D eigenvalue weighted by Gasteiger charge is 2.20. The van der Waals surface area contributed by atoms with Crippen molar-refractivity contribution in [1.82, 2.24) is 5.32 Å². The van der Waals surface area contributed by atoms with Crippen LogP contribution < -0.4 is 9.50 Å². The van der Waals surface area contributed by atoms with Gasteiger partial charge in [0.25, 0.3) is 11.6 Å². The normalized spacial score (nSPS) is 10.9. The van der Waals surface area contributed by atoms with Crippen LogP contribution in [0, 0.1) is 10.1 Å². The Hall–Kier alpha value is -3.72. The number of carbonyl (C=O) groups is 1. The van der Waals surface area contributed by atoms with E-state index in [9.17, 15) is 23.3 Å². The molecule has 3 rings (SSSR count). The lowest BCUT2D eigenvalue weighted by Crippen LogP contribution is -2.22. The third kappa shape index (κ3) is 5.17. The lowest BCUT2D eigenvalue weighted by atomic mass is 10.2. The Kier molecular flexibility index (Phi) is 5.89. The molecule has 1 amide bonds. The monoisotopic (exact) mass is 412 g/mol. The SMILES string of the molecule is O=C(NCc1ccccc1)c1ccc(OS(=O)(=O)c2cccc([N+](=O)[O-])c2)cc1. The Balaban J connectivity index is 1.67. The summed E-state index contributed by atoms with van der Waals surface area (Å²) in [4.78, 5) is 22.0. The highest BCUT2D eigenvalue weighted by molar-refractivity contribution is 7.87. The molecule has 0 fully saturated rings. The molecule has 29 heavy (non-hydrogen) atoms. The van der Waals surface area contributed by atoms with E-state index in [4.69, 9.17) is 4.18 Å². The number of nitrogens with zero attached hydrogens (tertiary/aromatic N) is 1. The van der Waals surface area contributed by atoms with Crippen LogP contribution >= 0.6 is 0 Å². The zero-order chi connectivity index (χ0) is 20.9. The summed E-state index contributed by atoms with van der Waals surface area (Å²) in [6.07, 6.45) is 0. The fourth-order valence-electron chi connectivity index (χ4n) is 2.47. The zero-order valence-electron chi connectivity index (χ0n) is 15.0. The van der Waals surface area contributed by atoms with E-state index in [0.29, 0.717) is 12.1 Å². The standard InChI is InChI=1S/C20H16N2O6S/c23-20(21-14-15-5-2-1-3-6-15)16-9-11-18(12-10-16)28-29(26,27)19-8-4-7-17(13-19)22(24)25/h1-13H,14H2,(H,21,23). The summed E-state index contributed by atoms with van der Waals surface area (Å²) in [5, 5.41) is 13.6. The molecule has 0 saturated heterocycles. The third-order valence-corrected chi connectivity index (χ3v) is 5.18. The second-order valence-electron chi connectivity index (χ2n) is 5.98. The van der Waals surface area contributed by atoms with Crippen LogP contribution in [0.3, 0.4) is 0 Å². The van der Waals surface area contributed by atoms with Crippen molar-refractivity contribution in [2.75, 3.05) is 0 Å². The molecule has 0 aliphatic carbocycles. The third-order valence-electron chi connectivity index (χ3n) is 3.94. The number of amides is 1. The Morgan fingerprint density at radius 2 is 1.66 bits per heavy atom. The lowest BCUT2D eigenvalue weighted by molar-refractivity contribution is -0.385. The molecule has 8 nitrogen and oxygen atoms in total. The maximum Gasteiger partial charge on any atom is 0.339 e. The van der Waals surface area contributed by atoms with Gasteiger partial charge in [-0.15, -0.1) is 0 Å². The summed E-state index contributed by atoms with van der Waals surface area (Å²) in [5.41, 5.74) is 0.921. The van der Waals surface area contributed by atoms with E-state index in [0.717, 1.165) is 11.6 Å². The van der Waals surface area contributed by atoms with Crippen LogP contribution in [0.2, 0.25) is 0 Å². The molecule has 0 unspecified atom stereocenters. The Labute approximate surface area is 167 Å². The quantitative estimate of drug-likeness (QED) is 0.362. The molecule has 0 radical (unpaired) electrons.